The van der Waals surface area contributed by atoms with Gasteiger partial charge in [0.15, 0.2) is 19.7 Å². The molecule has 0 heterocycles. The lowest BCUT2D eigenvalue weighted by Gasteiger charge is -2.17. The van der Waals surface area contributed by atoms with E-state index in [1.165, 1.54) is 6.07 Å². The zero-order chi connectivity index (χ0) is 14.8. The van der Waals surface area contributed by atoms with Crippen LogP contribution in [-0.2, 0) is 19.7 Å². The average Bonchev–Trinajstić information content (AvgIpc) is 2.26. The van der Waals surface area contributed by atoms with Crippen molar-refractivity contribution >= 4 is 19.7 Å². The van der Waals surface area contributed by atoms with Crippen LogP contribution in [0.3, 0.4) is 0 Å². The molecule has 0 spiro atoms. The lowest BCUT2D eigenvalue weighted by molar-refractivity contribution is 0.582. The smallest absolute Gasteiger partial charge is 0.177 e. The predicted octanol–water partition coefficient (Wildman–Crippen LogP) is 0.946. The topological polar surface area (TPSA) is 94.3 Å². The first-order valence-corrected chi connectivity index (χ1v) is 9.60. The molecule has 0 aromatic heterocycles. The molecule has 0 bridgehead atoms. The van der Waals surface area contributed by atoms with Crippen LogP contribution >= 0.6 is 0 Å². The summed E-state index contributed by atoms with van der Waals surface area (Å²) < 4.78 is 47.4. The van der Waals surface area contributed by atoms with Crippen LogP contribution in [0.1, 0.15) is 24.8 Å². The standard InChI is InChI=1S/C12H19NO4S2/c1-9(7-8-13)10-5-4-6-11(18(2,14)15)12(10)19(3,16)17/h4-6,9H,7-8,13H2,1-3H3. The second-order valence-electron chi connectivity index (χ2n) is 4.70. The van der Waals surface area contributed by atoms with Crippen molar-refractivity contribution in [2.24, 2.45) is 5.73 Å². The van der Waals surface area contributed by atoms with Crippen LogP contribution in [0.15, 0.2) is 28.0 Å². The van der Waals surface area contributed by atoms with Gasteiger partial charge in [-0.15, -0.1) is 0 Å². The SMILES string of the molecule is CC(CCN)c1cccc(S(C)(=O)=O)c1S(C)(=O)=O. The Labute approximate surface area is 114 Å². The van der Waals surface area contributed by atoms with Crippen LogP contribution in [0.4, 0.5) is 0 Å². The van der Waals surface area contributed by atoms with Gasteiger partial charge in [-0.3, -0.25) is 0 Å². The Morgan fingerprint density at radius 2 is 1.68 bits per heavy atom. The summed E-state index contributed by atoms with van der Waals surface area (Å²) in [6, 6.07) is 4.53. The van der Waals surface area contributed by atoms with Gasteiger partial charge in [-0.2, -0.15) is 0 Å². The molecule has 0 saturated heterocycles. The van der Waals surface area contributed by atoms with Crippen molar-refractivity contribution in [3.05, 3.63) is 23.8 Å². The van der Waals surface area contributed by atoms with Crippen molar-refractivity contribution in [3.8, 4) is 0 Å². The highest BCUT2D eigenvalue weighted by atomic mass is 32.2. The van der Waals surface area contributed by atoms with Crippen LogP contribution in [-0.4, -0.2) is 35.9 Å². The molecule has 0 fully saturated rings. The third kappa shape index (κ3) is 3.77. The van der Waals surface area contributed by atoms with E-state index >= 15 is 0 Å². The van der Waals surface area contributed by atoms with E-state index in [0.717, 1.165) is 12.5 Å². The number of sulfone groups is 2. The van der Waals surface area contributed by atoms with Gasteiger partial charge >= 0.3 is 0 Å². The van der Waals surface area contributed by atoms with Gasteiger partial charge in [-0.1, -0.05) is 19.1 Å². The fourth-order valence-corrected chi connectivity index (χ4v) is 4.83. The van der Waals surface area contributed by atoms with Gasteiger partial charge in [-0.25, -0.2) is 16.8 Å². The minimum Gasteiger partial charge on any atom is -0.330 e. The van der Waals surface area contributed by atoms with E-state index in [1.54, 1.807) is 12.1 Å². The quantitative estimate of drug-likeness (QED) is 0.874. The number of hydrogen-bond acceptors (Lipinski definition) is 5. The summed E-state index contributed by atoms with van der Waals surface area (Å²) in [4.78, 5) is -0.241. The van der Waals surface area contributed by atoms with Gasteiger partial charge in [-0.05, 0) is 30.5 Å². The maximum atomic E-state index is 11.9. The zero-order valence-corrected chi connectivity index (χ0v) is 12.9. The second-order valence-corrected chi connectivity index (χ2v) is 8.63. The molecule has 2 N–H and O–H groups in total. The molecule has 5 nitrogen and oxygen atoms in total. The van der Waals surface area contributed by atoms with Crippen LogP contribution in [0.2, 0.25) is 0 Å². The maximum absolute atomic E-state index is 11.9. The van der Waals surface area contributed by atoms with Gasteiger partial charge in [0.1, 0.15) is 0 Å². The first-order chi connectivity index (χ1) is 8.59. The molecule has 1 aromatic rings. The third-order valence-corrected chi connectivity index (χ3v) is 5.38. The molecular weight excluding hydrogens is 286 g/mol. The minimum atomic E-state index is -3.63. The van der Waals surface area contributed by atoms with Crippen molar-refractivity contribution in [1.82, 2.24) is 0 Å². The van der Waals surface area contributed by atoms with E-state index in [1.807, 2.05) is 6.92 Å². The fourth-order valence-electron chi connectivity index (χ4n) is 2.02. The Morgan fingerprint density at radius 3 is 2.11 bits per heavy atom. The molecule has 0 aliphatic heterocycles. The van der Waals surface area contributed by atoms with E-state index in [0.29, 0.717) is 18.5 Å². The van der Waals surface area contributed by atoms with Crippen LogP contribution in [0.25, 0.3) is 0 Å². The van der Waals surface area contributed by atoms with Crippen molar-refractivity contribution in [1.29, 1.82) is 0 Å². The number of nitrogens with two attached hydrogens (primary N) is 1. The molecule has 19 heavy (non-hydrogen) atoms. The lowest BCUT2D eigenvalue weighted by Crippen LogP contribution is -2.13. The van der Waals surface area contributed by atoms with Gasteiger partial charge in [0, 0.05) is 12.5 Å². The molecule has 108 valence electrons. The third-order valence-electron chi connectivity index (χ3n) is 2.91. The Hall–Kier alpha value is -0.920. The van der Waals surface area contributed by atoms with Crippen molar-refractivity contribution in [3.63, 3.8) is 0 Å². The maximum Gasteiger partial charge on any atom is 0.177 e. The summed E-state index contributed by atoms with van der Waals surface area (Å²) in [7, 11) is -7.23. The Kier molecular flexibility index (Phi) is 4.76. The summed E-state index contributed by atoms with van der Waals surface area (Å²) in [5.74, 6) is -0.114. The number of hydrogen-bond donors (Lipinski definition) is 1. The molecule has 0 aliphatic rings. The molecule has 0 radical (unpaired) electrons. The first kappa shape index (κ1) is 16.1. The van der Waals surface area contributed by atoms with Gasteiger partial charge in [0.05, 0.1) is 9.79 Å². The predicted molar refractivity (Wildman–Crippen MR) is 74.7 cm³/mol. The molecule has 7 heteroatoms. The number of rotatable bonds is 5. The summed E-state index contributed by atoms with van der Waals surface area (Å²) in [6.07, 6.45) is 2.62. The number of benzene rings is 1. The van der Waals surface area contributed by atoms with E-state index in [-0.39, 0.29) is 15.7 Å². The molecule has 0 amide bonds. The second kappa shape index (κ2) is 5.60. The van der Waals surface area contributed by atoms with Crippen molar-refractivity contribution < 1.29 is 16.8 Å². The monoisotopic (exact) mass is 305 g/mol. The molecule has 1 atom stereocenters. The summed E-state index contributed by atoms with van der Waals surface area (Å²) in [6.45, 7) is 2.25. The van der Waals surface area contributed by atoms with Crippen molar-refractivity contribution in [2.75, 3.05) is 19.1 Å². The lowest BCUT2D eigenvalue weighted by atomic mass is 9.98. The van der Waals surface area contributed by atoms with Gasteiger partial charge in [0.2, 0.25) is 0 Å². The summed E-state index contributed by atoms with van der Waals surface area (Å²) in [5.41, 5.74) is 5.99. The molecule has 0 saturated carbocycles. The zero-order valence-electron chi connectivity index (χ0n) is 11.3. The normalized spacial score (nSPS) is 14.3. The van der Waals surface area contributed by atoms with E-state index in [9.17, 15) is 16.8 Å². The van der Waals surface area contributed by atoms with Gasteiger partial charge < -0.3 is 5.73 Å². The highest BCUT2D eigenvalue weighted by Crippen LogP contribution is 2.31. The molecule has 1 unspecified atom stereocenters. The molecule has 1 aromatic carbocycles. The van der Waals surface area contributed by atoms with E-state index in [4.69, 9.17) is 5.73 Å². The molecular formula is C12H19NO4S2. The average molecular weight is 305 g/mol. The van der Waals surface area contributed by atoms with Crippen molar-refractivity contribution in [2.45, 2.75) is 29.1 Å². The Bertz CT molecular complexity index is 663. The van der Waals surface area contributed by atoms with Crippen LogP contribution < -0.4 is 5.73 Å². The van der Waals surface area contributed by atoms with E-state index in [2.05, 4.69) is 0 Å². The fraction of sp³-hybridized carbons (Fsp3) is 0.500. The van der Waals surface area contributed by atoms with E-state index < -0.39 is 19.7 Å². The highest BCUT2D eigenvalue weighted by Gasteiger charge is 2.25. The van der Waals surface area contributed by atoms with Crippen LogP contribution in [0, 0.1) is 0 Å². The highest BCUT2D eigenvalue weighted by molar-refractivity contribution is 7.93. The Balaban J connectivity index is 3.68. The molecule has 1 rings (SSSR count). The summed E-state index contributed by atoms with van der Waals surface area (Å²) >= 11 is 0. The minimum absolute atomic E-state index is 0.0987. The first-order valence-electron chi connectivity index (χ1n) is 5.82. The van der Waals surface area contributed by atoms with Gasteiger partial charge in [0.25, 0.3) is 0 Å². The van der Waals surface area contributed by atoms with Crippen LogP contribution in [0.5, 0.6) is 0 Å². The molecule has 0 aliphatic carbocycles. The summed E-state index contributed by atoms with van der Waals surface area (Å²) in [5, 5.41) is 0. The largest absolute Gasteiger partial charge is 0.330 e. The Morgan fingerprint density at radius 1 is 1.11 bits per heavy atom.